The van der Waals surface area contributed by atoms with Gasteiger partial charge in [0, 0.05) is 12.7 Å². The summed E-state index contributed by atoms with van der Waals surface area (Å²) in [4.78, 5) is 14.7. The summed E-state index contributed by atoms with van der Waals surface area (Å²) in [6.45, 7) is 0.592. The Balaban J connectivity index is 3.54. The van der Waals surface area contributed by atoms with Crippen LogP contribution in [-0.4, -0.2) is 35.3 Å². The fourth-order valence-electron chi connectivity index (χ4n) is 2.80. The van der Waals surface area contributed by atoms with Crippen molar-refractivity contribution in [2.45, 2.75) is 83.5 Å². The Hall–Kier alpha value is -1.56. The molecule has 0 radical (unpaired) electrons. The molecule has 0 aromatic rings. The summed E-state index contributed by atoms with van der Waals surface area (Å²) < 4.78 is 0. The summed E-state index contributed by atoms with van der Waals surface area (Å²) in [6, 6.07) is 0. The fourth-order valence-corrected chi connectivity index (χ4v) is 2.80. The quantitative estimate of drug-likeness (QED) is 0.138. The SMILES string of the molecule is NC(N)=NCC(=CC(=O)O)CCCCCCCCCCCCCCO. The second-order valence-electron chi connectivity index (χ2n) is 6.60. The number of unbranched alkanes of at least 4 members (excludes halogenated alkanes) is 11. The molecule has 6 heteroatoms. The number of rotatable bonds is 17. The van der Waals surface area contributed by atoms with Crippen LogP contribution in [-0.2, 0) is 4.79 Å². The molecular weight excluding hydrogens is 318 g/mol. The summed E-state index contributed by atoms with van der Waals surface area (Å²) in [5.41, 5.74) is 11.3. The summed E-state index contributed by atoms with van der Waals surface area (Å²) in [5.74, 6) is -0.957. The van der Waals surface area contributed by atoms with E-state index in [0.717, 1.165) is 37.7 Å². The molecule has 0 unspecified atom stereocenters. The van der Waals surface area contributed by atoms with Crippen LogP contribution in [0.5, 0.6) is 0 Å². The maximum atomic E-state index is 10.8. The zero-order valence-corrected chi connectivity index (χ0v) is 15.6. The van der Waals surface area contributed by atoms with Crippen LogP contribution in [0, 0.1) is 0 Å². The van der Waals surface area contributed by atoms with E-state index >= 15 is 0 Å². The first-order valence-corrected chi connectivity index (χ1v) is 9.65. The van der Waals surface area contributed by atoms with Crippen LogP contribution in [0.3, 0.4) is 0 Å². The Bertz CT molecular complexity index is 391. The Morgan fingerprint density at radius 2 is 1.24 bits per heavy atom. The summed E-state index contributed by atoms with van der Waals surface area (Å²) in [7, 11) is 0. The van der Waals surface area contributed by atoms with E-state index in [2.05, 4.69) is 4.99 Å². The average molecular weight is 356 g/mol. The summed E-state index contributed by atoms with van der Waals surface area (Å²) >= 11 is 0. The number of nitrogens with zero attached hydrogens (tertiary/aromatic N) is 1. The van der Waals surface area contributed by atoms with Crippen molar-refractivity contribution >= 4 is 11.9 Å². The second-order valence-corrected chi connectivity index (χ2v) is 6.60. The van der Waals surface area contributed by atoms with Crippen molar-refractivity contribution in [3.05, 3.63) is 11.6 Å². The summed E-state index contributed by atoms with van der Waals surface area (Å²) in [5, 5.41) is 17.6. The molecule has 146 valence electrons. The predicted molar refractivity (Wildman–Crippen MR) is 104 cm³/mol. The molecule has 0 aliphatic carbocycles. The molecule has 0 saturated heterocycles. The van der Waals surface area contributed by atoms with Gasteiger partial charge in [-0.05, 0) is 24.8 Å². The van der Waals surface area contributed by atoms with Crippen molar-refractivity contribution in [1.29, 1.82) is 0 Å². The Morgan fingerprint density at radius 3 is 1.64 bits per heavy atom. The van der Waals surface area contributed by atoms with Crippen LogP contribution < -0.4 is 11.5 Å². The number of hydrogen-bond acceptors (Lipinski definition) is 3. The van der Waals surface area contributed by atoms with Gasteiger partial charge in [-0.15, -0.1) is 0 Å². The molecule has 0 heterocycles. The Labute approximate surface area is 152 Å². The zero-order valence-electron chi connectivity index (χ0n) is 15.6. The van der Waals surface area contributed by atoms with Crippen molar-refractivity contribution in [2.75, 3.05) is 13.2 Å². The van der Waals surface area contributed by atoms with E-state index in [-0.39, 0.29) is 12.5 Å². The number of guanidine groups is 1. The molecule has 6 nitrogen and oxygen atoms in total. The Kier molecular flexibility index (Phi) is 16.2. The predicted octanol–water partition coefficient (Wildman–Crippen LogP) is 3.33. The molecule has 0 aliphatic heterocycles. The topological polar surface area (TPSA) is 122 Å². The number of nitrogens with two attached hydrogens (primary N) is 2. The number of carboxylic acids is 1. The molecule has 0 aromatic carbocycles. The molecule has 0 spiro atoms. The smallest absolute Gasteiger partial charge is 0.328 e. The average Bonchev–Trinajstić information content (AvgIpc) is 2.56. The molecule has 0 saturated carbocycles. The van der Waals surface area contributed by atoms with Gasteiger partial charge in [-0.25, -0.2) is 9.79 Å². The van der Waals surface area contributed by atoms with Crippen LogP contribution in [0.2, 0.25) is 0 Å². The minimum Gasteiger partial charge on any atom is -0.478 e. The first-order valence-electron chi connectivity index (χ1n) is 9.65. The van der Waals surface area contributed by atoms with Gasteiger partial charge in [-0.1, -0.05) is 64.2 Å². The van der Waals surface area contributed by atoms with Crippen molar-refractivity contribution < 1.29 is 15.0 Å². The van der Waals surface area contributed by atoms with E-state index in [1.54, 1.807) is 0 Å². The normalized spacial score (nSPS) is 11.5. The van der Waals surface area contributed by atoms with E-state index in [1.807, 2.05) is 0 Å². The van der Waals surface area contributed by atoms with Gasteiger partial charge < -0.3 is 21.7 Å². The zero-order chi connectivity index (χ0) is 18.8. The molecule has 6 N–H and O–H groups in total. The maximum absolute atomic E-state index is 10.8. The van der Waals surface area contributed by atoms with Gasteiger partial charge in [-0.3, -0.25) is 0 Å². The number of hydrogen-bond donors (Lipinski definition) is 4. The highest BCUT2D eigenvalue weighted by molar-refractivity contribution is 5.81. The van der Waals surface area contributed by atoms with Gasteiger partial charge in [0.15, 0.2) is 5.96 Å². The number of carboxylic acid groups (broad SMARTS) is 1. The third-order valence-corrected chi connectivity index (χ3v) is 4.20. The second kappa shape index (κ2) is 17.3. The molecule has 0 fully saturated rings. The van der Waals surface area contributed by atoms with E-state index in [9.17, 15) is 4.79 Å². The number of aliphatic imine (C=N–C) groups is 1. The number of carbonyl (C=O) groups is 1. The van der Waals surface area contributed by atoms with E-state index in [4.69, 9.17) is 21.7 Å². The van der Waals surface area contributed by atoms with Gasteiger partial charge in [0.1, 0.15) is 0 Å². The van der Waals surface area contributed by atoms with Gasteiger partial charge >= 0.3 is 5.97 Å². The highest BCUT2D eigenvalue weighted by atomic mass is 16.4. The number of aliphatic carboxylic acids is 1. The van der Waals surface area contributed by atoms with Crippen LogP contribution in [0.15, 0.2) is 16.6 Å². The Morgan fingerprint density at radius 1 is 0.800 bits per heavy atom. The summed E-state index contributed by atoms with van der Waals surface area (Å²) in [6.07, 6.45) is 16.3. The minimum absolute atomic E-state index is 0.00955. The lowest BCUT2D eigenvalue weighted by Crippen LogP contribution is -2.23. The van der Waals surface area contributed by atoms with Gasteiger partial charge in [0.2, 0.25) is 0 Å². The third kappa shape index (κ3) is 18.6. The monoisotopic (exact) mass is 355 g/mol. The van der Waals surface area contributed by atoms with Crippen LogP contribution in [0.4, 0.5) is 0 Å². The lowest BCUT2D eigenvalue weighted by molar-refractivity contribution is -0.131. The molecule has 25 heavy (non-hydrogen) atoms. The van der Waals surface area contributed by atoms with Crippen molar-refractivity contribution in [3.63, 3.8) is 0 Å². The molecule has 0 bridgehead atoms. The lowest BCUT2D eigenvalue weighted by Gasteiger charge is -2.05. The van der Waals surface area contributed by atoms with Crippen molar-refractivity contribution in [3.8, 4) is 0 Å². The lowest BCUT2D eigenvalue weighted by atomic mass is 10.0. The number of aliphatic hydroxyl groups is 1. The van der Waals surface area contributed by atoms with Crippen LogP contribution >= 0.6 is 0 Å². The van der Waals surface area contributed by atoms with Gasteiger partial charge in [-0.2, -0.15) is 0 Å². The molecule has 0 atom stereocenters. The first-order chi connectivity index (χ1) is 12.1. The minimum atomic E-state index is -0.947. The largest absolute Gasteiger partial charge is 0.478 e. The first kappa shape index (κ1) is 23.4. The molecule has 0 aromatic heterocycles. The van der Waals surface area contributed by atoms with Crippen LogP contribution in [0.25, 0.3) is 0 Å². The fraction of sp³-hybridized carbons (Fsp3) is 0.789. The highest BCUT2D eigenvalue weighted by Gasteiger charge is 2.01. The molecule has 0 amide bonds. The highest BCUT2D eigenvalue weighted by Crippen LogP contribution is 2.14. The van der Waals surface area contributed by atoms with Gasteiger partial charge in [0.05, 0.1) is 6.54 Å². The van der Waals surface area contributed by atoms with E-state index in [0.29, 0.717) is 6.61 Å². The molecular formula is C19H37N3O3. The third-order valence-electron chi connectivity index (χ3n) is 4.20. The number of aliphatic hydroxyl groups excluding tert-OH is 1. The van der Waals surface area contributed by atoms with Gasteiger partial charge in [0.25, 0.3) is 0 Å². The maximum Gasteiger partial charge on any atom is 0.328 e. The van der Waals surface area contributed by atoms with Crippen molar-refractivity contribution in [2.24, 2.45) is 16.5 Å². The standard InChI is InChI=1S/C19H37N3O3/c20-19(21)22-16-17(15-18(24)25)13-11-9-7-5-3-1-2-4-6-8-10-12-14-23/h15,23H,1-14,16H2,(H,24,25)(H4,20,21,22). The van der Waals surface area contributed by atoms with E-state index < -0.39 is 5.97 Å². The van der Waals surface area contributed by atoms with Crippen molar-refractivity contribution in [1.82, 2.24) is 0 Å². The molecule has 0 aliphatic rings. The van der Waals surface area contributed by atoms with E-state index in [1.165, 1.54) is 57.4 Å². The van der Waals surface area contributed by atoms with Crippen LogP contribution in [0.1, 0.15) is 83.5 Å². The molecule has 0 rings (SSSR count).